The van der Waals surface area contributed by atoms with Gasteiger partial charge < -0.3 is 18.9 Å². The van der Waals surface area contributed by atoms with E-state index in [0.29, 0.717) is 16.7 Å². The molecule has 22 heavy (non-hydrogen) atoms. The van der Waals surface area contributed by atoms with Crippen molar-refractivity contribution in [2.75, 3.05) is 14.2 Å². The van der Waals surface area contributed by atoms with Gasteiger partial charge in [-0.1, -0.05) is 0 Å². The number of nitrogens with one attached hydrogen (secondary N) is 1. The van der Waals surface area contributed by atoms with Crippen LogP contribution in [0.3, 0.4) is 0 Å². The third-order valence-electron chi connectivity index (χ3n) is 3.87. The third kappa shape index (κ3) is 1.69. The summed E-state index contributed by atoms with van der Waals surface area (Å²) in [5.74, 6) is 1.38. The molecule has 0 aliphatic carbocycles. The molecule has 2 heterocycles. The van der Waals surface area contributed by atoms with Crippen LogP contribution in [0, 0.1) is 0 Å². The number of hydrogen-bond donors (Lipinski definition) is 1. The molecule has 4 aromatic rings. The quantitative estimate of drug-likeness (QED) is 0.575. The number of aromatic amines is 1. The molecule has 0 atom stereocenters. The zero-order valence-corrected chi connectivity index (χ0v) is 12.1. The lowest BCUT2D eigenvalue weighted by molar-refractivity contribution is 0.414. The van der Waals surface area contributed by atoms with Gasteiger partial charge in [0.05, 0.1) is 30.6 Å². The lowest BCUT2D eigenvalue weighted by Crippen LogP contribution is -1.98. The van der Waals surface area contributed by atoms with Crippen molar-refractivity contribution >= 4 is 32.8 Å². The Kier molecular flexibility index (Phi) is 2.63. The molecule has 110 valence electrons. The zero-order valence-electron chi connectivity index (χ0n) is 12.1. The van der Waals surface area contributed by atoms with Crippen molar-refractivity contribution in [3.05, 3.63) is 46.8 Å². The highest BCUT2D eigenvalue weighted by molar-refractivity contribution is 6.15. The average Bonchev–Trinajstić information content (AvgIpc) is 2.93. The third-order valence-corrected chi connectivity index (χ3v) is 3.87. The normalized spacial score (nSPS) is 11.4. The summed E-state index contributed by atoms with van der Waals surface area (Å²) >= 11 is 0. The van der Waals surface area contributed by atoms with Crippen molar-refractivity contribution in [2.24, 2.45) is 0 Å². The topological polar surface area (TPSA) is 64.5 Å². The van der Waals surface area contributed by atoms with Crippen molar-refractivity contribution in [3.63, 3.8) is 0 Å². The largest absolute Gasteiger partial charge is 0.497 e. The number of rotatable bonds is 2. The molecule has 0 aliphatic rings. The molecule has 2 aromatic carbocycles. The number of methoxy groups -OCH3 is 2. The van der Waals surface area contributed by atoms with E-state index in [1.165, 1.54) is 0 Å². The minimum absolute atomic E-state index is 0.368. The lowest BCUT2D eigenvalue weighted by Gasteiger charge is -2.02. The molecule has 5 heteroatoms. The minimum Gasteiger partial charge on any atom is -0.497 e. The molecule has 5 nitrogen and oxygen atoms in total. The number of aromatic nitrogens is 1. The standard InChI is InChI=1S/C17H13NO4/c1-20-9-3-5-11-13(7-9)18-16-12-6-4-10(21-2)8-14(12)22-17(19)15(11)16/h3-8,18H,1-2H3. The van der Waals surface area contributed by atoms with E-state index in [4.69, 9.17) is 13.9 Å². The van der Waals surface area contributed by atoms with Gasteiger partial charge in [-0.05, 0) is 24.3 Å². The molecule has 0 aliphatic heterocycles. The highest BCUT2D eigenvalue weighted by Gasteiger charge is 2.14. The molecule has 2 aromatic heterocycles. The maximum Gasteiger partial charge on any atom is 0.346 e. The van der Waals surface area contributed by atoms with Crippen LogP contribution in [-0.4, -0.2) is 19.2 Å². The number of fused-ring (bicyclic) bond motifs is 5. The minimum atomic E-state index is -0.368. The molecule has 0 saturated heterocycles. The Morgan fingerprint density at radius 2 is 1.64 bits per heavy atom. The van der Waals surface area contributed by atoms with E-state index in [-0.39, 0.29) is 5.63 Å². The highest BCUT2D eigenvalue weighted by Crippen LogP contribution is 2.31. The van der Waals surface area contributed by atoms with Crippen LogP contribution in [0.2, 0.25) is 0 Å². The van der Waals surface area contributed by atoms with Crippen LogP contribution >= 0.6 is 0 Å². The van der Waals surface area contributed by atoms with Gasteiger partial charge in [-0.2, -0.15) is 0 Å². The van der Waals surface area contributed by atoms with Gasteiger partial charge in [-0.15, -0.1) is 0 Å². The fourth-order valence-electron chi connectivity index (χ4n) is 2.79. The number of ether oxygens (including phenoxy) is 2. The van der Waals surface area contributed by atoms with Gasteiger partial charge in [0, 0.05) is 22.9 Å². The van der Waals surface area contributed by atoms with E-state index in [0.717, 1.165) is 27.6 Å². The van der Waals surface area contributed by atoms with Crippen LogP contribution in [0.25, 0.3) is 32.8 Å². The zero-order chi connectivity index (χ0) is 15.3. The summed E-state index contributed by atoms with van der Waals surface area (Å²) in [5.41, 5.74) is 1.73. The van der Waals surface area contributed by atoms with Crippen molar-refractivity contribution in [1.29, 1.82) is 0 Å². The molecule has 0 radical (unpaired) electrons. The lowest BCUT2D eigenvalue weighted by atomic mass is 10.1. The summed E-state index contributed by atoms with van der Waals surface area (Å²) in [5, 5.41) is 2.21. The Morgan fingerprint density at radius 3 is 2.36 bits per heavy atom. The molecule has 4 rings (SSSR count). The van der Waals surface area contributed by atoms with Crippen LogP contribution in [0.4, 0.5) is 0 Å². The molecule has 0 fully saturated rings. The maximum atomic E-state index is 12.4. The van der Waals surface area contributed by atoms with Crippen LogP contribution < -0.4 is 15.1 Å². The van der Waals surface area contributed by atoms with E-state index in [2.05, 4.69) is 4.98 Å². The summed E-state index contributed by atoms with van der Waals surface area (Å²) in [6.07, 6.45) is 0. The van der Waals surface area contributed by atoms with Crippen molar-refractivity contribution in [2.45, 2.75) is 0 Å². The van der Waals surface area contributed by atoms with E-state index in [1.807, 2.05) is 30.3 Å². The van der Waals surface area contributed by atoms with Crippen molar-refractivity contribution in [1.82, 2.24) is 4.98 Å². The monoisotopic (exact) mass is 295 g/mol. The first-order valence-corrected chi connectivity index (χ1v) is 6.81. The molecule has 0 amide bonds. The molecule has 1 N–H and O–H groups in total. The highest BCUT2D eigenvalue weighted by atomic mass is 16.5. The summed E-state index contributed by atoms with van der Waals surface area (Å²) < 4.78 is 15.9. The Morgan fingerprint density at radius 1 is 0.955 bits per heavy atom. The van der Waals surface area contributed by atoms with E-state index in [9.17, 15) is 4.79 Å². The first-order valence-electron chi connectivity index (χ1n) is 6.81. The molecule has 0 spiro atoms. The van der Waals surface area contributed by atoms with Gasteiger partial charge in [0.1, 0.15) is 17.1 Å². The van der Waals surface area contributed by atoms with Gasteiger partial charge in [0.2, 0.25) is 0 Å². The van der Waals surface area contributed by atoms with Gasteiger partial charge in [0.15, 0.2) is 0 Å². The second-order valence-electron chi connectivity index (χ2n) is 5.04. The van der Waals surface area contributed by atoms with Crippen LogP contribution in [-0.2, 0) is 0 Å². The van der Waals surface area contributed by atoms with Gasteiger partial charge in [0.25, 0.3) is 0 Å². The van der Waals surface area contributed by atoms with E-state index in [1.54, 1.807) is 20.3 Å². The summed E-state index contributed by atoms with van der Waals surface area (Å²) in [6.45, 7) is 0. The number of H-pyrrole nitrogens is 1. The van der Waals surface area contributed by atoms with Gasteiger partial charge in [-0.3, -0.25) is 0 Å². The Hall–Kier alpha value is -2.95. The van der Waals surface area contributed by atoms with Crippen molar-refractivity contribution in [3.8, 4) is 11.5 Å². The summed E-state index contributed by atoms with van der Waals surface area (Å²) in [4.78, 5) is 15.7. The maximum absolute atomic E-state index is 12.4. The molecular formula is C17H13NO4. The Balaban J connectivity index is 2.18. The van der Waals surface area contributed by atoms with Gasteiger partial charge >= 0.3 is 5.63 Å². The summed E-state index contributed by atoms with van der Waals surface area (Å²) in [7, 11) is 3.19. The van der Waals surface area contributed by atoms with Crippen molar-refractivity contribution < 1.29 is 13.9 Å². The molecule has 0 unspecified atom stereocenters. The Labute approximate surface area is 125 Å². The number of hydrogen-bond acceptors (Lipinski definition) is 4. The first kappa shape index (κ1) is 12.8. The predicted molar refractivity (Wildman–Crippen MR) is 85.0 cm³/mol. The SMILES string of the molecule is COc1ccc2c(c1)[nH]c1c3ccc(OC)cc3oc(=O)c21. The predicted octanol–water partition coefficient (Wildman–Crippen LogP) is 3.44. The second kappa shape index (κ2) is 4.53. The Bertz CT molecular complexity index is 1070. The second-order valence-corrected chi connectivity index (χ2v) is 5.04. The molecular weight excluding hydrogens is 282 g/mol. The van der Waals surface area contributed by atoms with E-state index >= 15 is 0 Å². The molecule has 0 bridgehead atoms. The number of benzene rings is 2. The van der Waals surface area contributed by atoms with Gasteiger partial charge in [-0.25, -0.2) is 4.79 Å². The van der Waals surface area contributed by atoms with Crippen LogP contribution in [0.15, 0.2) is 45.6 Å². The fraction of sp³-hybridized carbons (Fsp3) is 0.118. The summed E-state index contributed by atoms with van der Waals surface area (Å²) in [6, 6.07) is 11.0. The fourth-order valence-corrected chi connectivity index (χ4v) is 2.79. The molecule has 0 saturated carbocycles. The van der Waals surface area contributed by atoms with Crippen LogP contribution in [0.5, 0.6) is 11.5 Å². The smallest absolute Gasteiger partial charge is 0.346 e. The van der Waals surface area contributed by atoms with E-state index < -0.39 is 0 Å². The average molecular weight is 295 g/mol. The van der Waals surface area contributed by atoms with Crippen LogP contribution in [0.1, 0.15) is 0 Å². The first-order chi connectivity index (χ1) is 10.7.